The molecule has 0 aliphatic rings. The molecule has 1 N–H and O–H groups in total. The van der Waals surface area contributed by atoms with Gasteiger partial charge in [-0.05, 0) is 45.7 Å². The first-order chi connectivity index (χ1) is 7.13. The topological polar surface area (TPSA) is 29.9 Å². The molecule has 1 unspecified atom stereocenters. The molecule has 0 saturated carbocycles. The lowest BCUT2D eigenvalue weighted by atomic mass is 10.1. The Bertz CT molecular complexity index is 291. The van der Waals surface area contributed by atoms with E-state index in [1.807, 2.05) is 18.7 Å². The zero-order valence-corrected chi connectivity index (χ0v) is 10.4. The summed E-state index contributed by atoms with van der Waals surface area (Å²) in [6.07, 6.45) is 3.49. The summed E-state index contributed by atoms with van der Waals surface area (Å²) >= 11 is 0. The molecular weight excluding hydrogens is 186 g/mol. The van der Waals surface area contributed by atoms with E-state index in [2.05, 4.69) is 30.3 Å². The van der Waals surface area contributed by atoms with E-state index in [9.17, 15) is 0 Å². The van der Waals surface area contributed by atoms with Gasteiger partial charge in [-0.15, -0.1) is 0 Å². The summed E-state index contributed by atoms with van der Waals surface area (Å²) in [4.78, 5) is 0. The number of hydrogen-bond donors (Lipinski definition) is 1. The molecular formula is C12H23N3. The minimum absolute atomic E-state index is 0.597. The first-order valence-electron chi connectivity index (χ1n) is 5.86. The van der Waals surface area contributed by atoms with E-state index >= 15 is 0 Å². The molecule has 1 rings (SSSR count). The van der Waals surface area contributed by atoms with Gasteiger partial charge in [0.25, 0.3) is 0 Å². The second-order valence-electron chi connectivity index (χ2n) is 4.29. The first-order valence-corrected chi connectivity index (χ1v) is 5.86. The molecule has 0 bridgehead atoms. The van der Waals surface area contributed by atoms with Crippen LogP contribution in [0.2, 0.25) is 0 Å². The molecule has 0 radical (unpaired) electrons. The highest BCUT2D eigenvalue weighted by Gasteiger charge is 2.05. The van der Waals surface area contributed by atoms with Crippen LogP contribution in [0.3, 0.4) is 0 Å². The van der Waals surface area contributed by atoms with Crippen LogP contribution in [-0.4, -0.2) is 22.4 Å². The van der Waals surface area contributed by atoms with E-state index in [-0.39, 0.29) is 0 Å². The molecule has 0 saturated heterocycles. The number of hydrogen-bond acceptors (Lipinski definition) is 2. The van der Waals surface area contributed by atoms with Crippen LogP contribution in [0.1, 0.15) is 38.1 Å². The quantitative estimate of drug-likeness (QED) is 0.777. The molecule has 0 spiro atoms. The molecule has 0 amide bonds. The lowest BCUT2D eigenvalue weighted by molar-refractivity contribution is 0.505. The Hall–Kier alpha value is -0.830. The fourth-order valence-corrected chi connectivity index (χ4v) is 1.76. The maximum Gasteiger partial charge on any atom is 0.0596 e. The summed E-state index contributed by atoms with van der Waals surface area (Å²) in [6.45, 7) is 7.61. The Morgan fingerprint density at radius 2 is 2.27 bits per heavy atom. The van der Waals surface area contributed by atoms with Crippen molar-refractivity contribution in [2.45, 2.75) is 46.1 Å². The van der Waals surface area contributed by atoms with Crippen LogP contribution in [-0.2, 0) is 13.5 Å². The Kier molecular flexibility index (Phi) is 4.82. The summed E-state index contributed by atoms with van der Waals surface area (Å²) in [5, 5.41) is 7.85. The molecule has 1 atom stereocenters. The van der Waals surface area contributed by atoms with Crippen LogP contribution in [0.15, 0.2) is 6.07 Å². The lowest BCUT2D eigenvalue weighted by Crippen LogP contribution is -2.27. The highest BCUT2D eigenvalue weighted by molar-refractivity contribution is 5.08. The SMILES string of the molecule is CCCNC(C)CCc1cc(C)nn1C. The number of nitrogens with one attached hydrogen (secondary N) is 1. The Labute approximate surface area is 92.9 Å². The molecule has 15 heavy (non-hydrogen) atoms. The Morgan fingerprint density at radius 1 is 1.53 bits per heavy atom. The van der Waals surface area contributed by atoms with Crippen LogP contribution >= 0.6 is 0 Å². The Morgan fingerprint density at radius 3 is 2.80 bits per heavy atom. The molecule has 3 nitrogen and oxygen atoms in total. The van der Waals surface area contributed by atoms with Gasteiger partial charge in [-0.3, -0.25) is 4.68 Å². The third-order valence-electron chi connectivity index (χ3n) is 2.68. The first kappa shape index (κ1) is 12.2. The van der Waals surface area contributed by atoms with Crippen molar-refractivity contribution in [1.29, 1.82) is 0 Å². The average molecular weight is 209 g/mol. The molecule has 0 fully saturated rings. The van der Waals surface area contributed by atoms with Gasteiger partial charge < -0.3 is 5.32 Å². The Balaban J connectivity index is 2.33. The van der Waals surface area contributed by atoms with Gasteiger partial charge in [0, 0.05) is 18.8 Å². The van der Waals surface area contributed by atoms with Crippen LogP contribution in [0.5, 0.6) is 0 Å². The zero-order valence-electron chi connectivity index (χ0n) is 10.4. The summed E-state index contributed by atoms with van der Waals surface area (Å²) in [5.74, 6) is 0. The summed E-state index contributed by atoms with van der Waals surface area (Å²) < 4.78 is 1.99. The van der Waals surface area contributed by atoms with Crippen molar-refractivity contribution in [3.8, 4) is 0 Å². The van der Waals surface area contributed by atoms with Crippen molar-refractivity contribution in [2.75, 3.05) is 6.54 Å². The van der Waals surface area contributed by atoms with Crippen molar-refractivity contribution in [3.05, 3.63) is 17.5 Å². The molecule has 1 aromatic heterocycles. The molecule has 0 aliphatic heterocycles. The lowest BCUT2D eigenvalue weighted by Gasteiger charge is -2.12. The van der Waals surface area contributed by atoms with E-state index in [1.54, 1.807) is 0 Å². The van der Waals surface area contributed by atoms with Crippen LogP contribution in [0, 0.1) is 6.92 Å². The van der Waals surface area contributed by atoms with Gasteiger partial charge in [0.2, 0.25) is 0 Å². The van der Waals surface area contributed by atoms with Crippen LogP contribution in [0.25, 0.3) is 0 Å². The van der Waals surface area contributed by atoms with Gasteiger partial charge in [0.05, 0.1) is 5.69 Å². The smallest absolute Gasteiger partial charge is 0.0596 e. The van der Waals surface area contributed by atoms with Crippen molar-refractivity contribution >= 4 is 0 Å². The van der Waals surface area contributed by atoms with Crippen molar-refractivity contribution in [2.24, 2.45) is 7.05 Å². The second-order valence-corrected chi connectivity index (χ2v) is 4.29. The second kappa shape index (κ2) is 5.91. The van der Waals surface area contributed by atoms with Crippen molar-refractivity contribution in [3.63, 3.8) is 0 Å². The minimum Gasteiger partial charge on any atom is -0.314 e. The molecule has 1 aromatic rings. The predicted molar refractivity (Wildman–Crippen MR) is 64.0 cm³/mol. The van der Waals surface area contributed by atoms with Crippen molar-refractivity contribution < 1.29 is 0 Å². The van der Waals surface area contributed by atoms with E-state index in [0.717, 1.165) is 18.7 Å². The monoisotopic (exact) mass is 209 g/mol. The van der Waals surface area contributed by atoms with Crippen molar-refractivity contribution in [1.82, 2.24) is 15.1 Å². The van der Waals surface area contributed by atoms with Gasteiger partial charge in [0.15, 0.2) is 0 Å². The number of aromatic nitrogens is 2. The average Bonchev–Trinajstić information content (AvgIpc) is 2.51. The minimum atomic E-state index is 0.597. The molecule has 86 valence electrons. The number of rotatable bonds is 6. The largest absolute Gasteiger partial charge is 0.314 e. The van der Waals surface area contributed by atoms with E-state index in [1.165, 1.54) is 18.5 Å². The summed E-state index contributed by atoms with van der Waals surface area (Å²) in [5.41, 5.74) is 2.44. The predicted octanol–water partition coefficient (Wildman–Crippen LogP) is 2.05. The molecule has 1 heterocycles. The molecule has 3 heteroatoms. The van der Waals surface area contributed by atoms with Gasteiger partial charge in [0.1, 0.15) is 0 Å². The molecule has 0 aromatic carbocycles. The van der Waals surface area contributed by atoms with E-state index in [0.29, 0.717) is 6.04 Å². The fraction of sp³-hybridized carbons (Fsp3) is 0.750. The third-order valence-corrected chi connectivity index (χ3v) is 2.68. The highest BCUT2D eigenvalue weighted by atomic mass is 15.3. The van der Waals surface area contributed by atoms with Gasteiger partial charge in [-0.25, -0.2) is 0 Å². The van der Waals surface area contributed by atoms with Gasteiger partial charge >= 0.3 is 0 Å². The zero-order chi connectivity index (χ0) is 11.3. The van der Waals surface area contributed by atoms with E-state index < -0.39 is 0 Å². The third kappa shape index (κ3) is 4.04. The maximum atomic E-state index is 4.35. The van der Waals surface area contributed by atoms with Gasteiger partial charge in [-0.1, -0.05) is 6.92 Å². The van der Waals surface area contributed by atoms with Crippen LogP contribution < -0.4 is 5.32 Å². The number of aryl methyl sites for hydroxylation is 3. The fourth-order valence-electron chi connectivity index (χ4n) is 1.76. The van der Waals surface area contributed by atoms with Gasteiger partial charge in [-0.2, -0.15) is 5.10 Å². The standard InChI is InChI=1S/C12H23N3/c1-5-8-13-10(2)6-7-12-9-11(3)14-15(12)4/h9-10,13H,5-8H2,1-4H3. The number of nitrogens with zero attached hydrogens (tertiary/aromatic N) is 2. The van der Waals surface area contributed by atoms with E-state index in [4.69, 9.17) is 0 Å². The summed E-state index contributed by atoms with van der Waals surface area (Å²) in [7, 11) is 2.02. The van der Waals surface area contributed by atoms with Crippen LogP contribution in [0.4, 0.5) is 0 Å². The highest BCUT2D eigenvalue weighted by Crippen LogP contribution is 2.06. The normalized spacial score (nSPS) is 13.1. The maximum absolute atomic E-state index is 4.35. The summed E-state index contributed by atoms with van der Waals surface area (Å²) in [6, 6.07) is 2.77. The molecule has 0 aliphatic carbocycles.